The fourth-order valence-corrected chi connectivity index (χ4v) is 4.58. The Hall–Kier alpha value is -4.93. The third-order valence-electron chi connectivity index (χ3n) is 7.26. The number of benzene rings is 1. The van der Waals surface area contributed by atoms with E-state index in [1.807, 2.05) is 0 Å². The van der Waals surface area contributed by atoms with Crippen LogP contribution in [0.3, 0.4) is 0 Å². The van der Waals surface area contributed by atoms with Crippen molar-refractivity contribution in [2.45, 2.75) is 89.9 Å². The molecule has 0 bridgehead atoms. The zero-order chi connectivity index (χ0) is 36.1. The predicted molar refractivity (Wildman–Crippen MR) is 187 cm³/mol. The van der Waals surface area contributed by atoms with Gasteiger partial charge in [-0.3, -0.25) is 34.6 Å². The second-order valence-electron chi connectivity index (χ2n) is 11.7. The van der Waals surface area contributed by atoms with Crippen LogP contribution in [-0.2, 0) is 25.7 Å². The van der Waals surface area contributed by atoms with Crippen LogP contribution >= 0.6 is 0 Å². The summed E-state index contributed by atoms with van der Waals surface area (Å²) in [7, 11) is 0. The molecule has 1 rings (SSSR count). The van der Waals surface area contributed by atoms with E-state index < -0.39 is 35.8 Å². The van der Waals surface area contributed by atoms with Crippen LogP contribution in [0.1, 0.15) is 76.3 Å². The minimum atomic E-state index is -1.02. The minimum Gasteiger partial charge on any atom is -0.384 e. The number of carbonyl (C=O) groups excluding carboxylic acids is 4. The smallest absolute Gasteiger partial charge is 0.243 e. The van der Waals surface area contributed by atoms with Gasteiger partial charge in [0.15, 0.2) is 11.9 Å². The highest BCUT2D eigenvalue weighted by atomic mass is 16.2. The highest BCUT2D eigenvalue weighted by Crippen LogP contribution is 2.09. The molecule has 4 amide bonds. The molecule has 0 unspecified atom stereocenters. The molecule has 0 saturated heterocycles. The Labute approximate surface area is 282 Å². The quantitative estimate of drug-likeness (QED) is 0.0356. The van der Waals surface area contributed by atoms with Gasteiger partial charge in [0.05, 0.1) is 0 Å². The molecule has 3 atom stereocenters. The number of carbonyl (C=O) groups is 4. The van der Waals surface area contributed by atoms with E-state index in [1.54, 1.807) is 38.1 Å². The van der Waals surface area contributed by atoms with E-state index in [0.29, 0.717) is 31.4 Å². The first-order valence-electron chi connectivity index (χ1n) is 16.2. The summed E-state index contributed by atoms with van der Waals surface area (Å²) in [5.41, 5.74) is 34.0. The first kappa shape index (κ1) is 41.1. The highest BCUT2D eigenvalue weighted by Gasteiger charge is 2.31. The number of aliphatic imine (C=N–C) groups is 2. The maximum absolute atomic E-state index is 13.6. The van der Waals surface area contributed by atoms with E-state index >= 15 is 0 Å². The Morgan fingerprint density at radius 1 is 0.729 bits per heavy atom. The molecule has 268 valence electrons. The molecule has 0 heterocycles. The van der Waals surface area contributed by atoms with Crippen LogP contribution in [0.4, 0.5) is 0 Å². The molecule has 0 saturated carbocycles. The van der Waals surface area contributed by atoms with Crippen LogP contribution in [0.2, 0.25) is 0 Å². The van der Waals surface area contributed by atoms with Gasteiger partial charge in [-0.2, -0.15) is 0 Å². The number of nitrogens with zero attached hydrogens (tertiary/aromatic N) is 2. The number of hydrogen-bond acceptors (Lipinski definition) is 8. The van der Waals surface area contributed by atoms with Crippen molar-refractivity contribution in [1.82, 2.24) is 21.3 Å². The van der Waals surface area contributed by atoms with E-state index in [2.05, 4.69) is 31.3 Å². The SMILES string of the molecule is CC(C)[C@H](NC(=O)[C@H](CCCN=C(N)N)NC(=O)CCCCCN)C(=O)N[C@@H](CCCN=C(N)N)C(=O)NCc1ccc(C(=N)N)cc1. The molecule has 0 spiro atoms. The summed E-state index contributed by atoms with van der Waals surface area (Å²) in [6.45, 7) is 4.70. The summed E-state index contributed by atoms with van der Waals surface area (Å²) in [6, 6.07) is 3.89. The van der Waals surface area contributed by atoms with Gasteiger partial charge in [-0.15, -0.1) is 0 Å². The molecule has 0 aromatic heterocycles. The average molecular weight is 674 g/mol. The minimum absolute atomic E-state index is 0.0705. The van der Waals surface area contributed by atoms with Crippen LogP contribution in [0, 0.1) is 11.3 Å². The van der Waals surface area contributed by atoms with Gasteiger partial charge in [-0.1, -0.05) is 44.5 Å². The fourth-order valence-electron chi connectivity index (χ4n) is 4.58. The van der Waals surface area contributed by atoms with Gasteiger partial charge < -0.3 is 55.7 Å². The van der Waals surface area contributed by atoms with Gasteiger partial charge in [-0.25, -0.2) is 0 Å². The molecule has 0 aliphatic heterocycles. The Morgan fingerprint density at radius 2 is 1.29 bits per heavy atom. The van der Waals surface area contributed by atoms with Gasteiger partial charge in [0.25, 0.3) is 0 Å². The van der Waals surface area contributed by atoms with Gasteiger partial charge in [0.1, 0.15) is 24.0 Å². The molecule has 48 heavy (non-hydrogen) atoms. The lowest BCUT2D eigenvalue weighted by Crippen LogP contribution is -2.58. The zero-order valence-corrected chi connectivity index (χ0v) is 28.1. The Kier molecular flexibility index (Phi) is 19.3. The second-order valence-corrected chi connectivity index (χ2v) is 11.7. The molecule has 0 aliphatic rings. The number of hydrogen-bond donors (Lipinski definition) is 11. The van der Waals surface area contributed by atoms with Crippen LogP contribution in [0.25, 0.3) is 0 Å². The van der Waals surface area contributed by atoms with E-state index in [9.17, 15) is 19.2 Å². The standard InChI is InChI=1S/C31H55N13O4/c1-19(2)25(44-28(47)23(9-7-17-40-31(37)38)42-24(45)10-4-3-5-15-32)29(48)43-22(8-6-16-39-30(35)36)27(46)41-18-20-11-13-21(14-12-20)26(33)34/h11-14,19,22-23,25H,3-10,15-18,32H2,1-2H3,(H3,33,34)(H,41,46)(H,42,45)(H,43,48)(H,44,47)(H4,35,36,39)(H4,37,38,40)/t22-,23-,25-/m0/s1. The second kappa shape index (κ2) is 22.6. The molecule has 0 fully saturated rings. The van der Waals surface area contributed by atoms with Crippen molar-refractivity contribution in [3.05, 3.63) is 35.4 Å². The Balaban J connectivity index is 3.05. The largest absolute Gasteiger partial charge is 0.384 e. The topological polar surface area (TPSA) is 321 Å². The number of unbranched alkanes of at least 4 members (excludes halogenated alkanes) is 2. The van der Waals surface area contributed by atoms with Crippen LogP contribution < -0.4 is 55.7 Å². The molecule has 17 nitrogen and oxygen atoms in total. The van der Waals surface area contributed by atoms with Crippen molar-refractivity contribution in [3.63, 3.8) is 0 Å². The molecular formula is C31H55N13O4. The lowest BCUT2D eigenvalue weighted by Gasteiger charge is -2.27. The fraction of sp³-hybridized carbons (Fsp3) is 0.581. The Bertz CT molecular complexity index is 1240. The molecule has 17 heteroatoms. The van der Waals surface area contributed by atoms with Crippen molar-refractivity contribution >= 4 is 41.4 Å². The number of amides is 4. The van der Waals surface area contributed by atoms with Crippen LogP contribution in [0.15, 0.2) is 34.3 Å². The van der Waals surface area contributed by atoms with Gasteiger partial charge in [-0.05, 0) is 56.6 Å². The monoisotopic (exact) mass is 673 g/mol. The van der Waals surface area contributed by atoms with Crippen molar-refractivity contribution in [2.24, 2.45) is 50.3 Å². The third kappa shape index (κ3) is 17.1. The highest BCUT2D eigenvalue weighted by molar-refractivity contribution is 5.95. The zero-order valence-electron chi connectivity index (χ0n) is 28.1. The van der Waals surface area contributed by atoms with E-state index in [0.717, 1.165) is 18.4 Å². The lowest BCUT2D eigenvalue weighted by atomic mass is 10.0. The van der Waals surface area contributed by atoms with E-state index in [1.165, 1.54) is 0 Å². The number of nitrogens with two attached hydrogens (primary N) is 6. The van der Waals surface area contributed by atoms with Crippen LogP contribution in [0.5, 0.6) is 0 Å². The number of rotatable bonds is 23. The average Bonchev–Trinajstić information content (AvgIpc) is 3.03. The van der Waals surface area contributed by atoms with Gasteiger partial charge >= 0.3 is 0 Å². The first-order chi connectivity index (χ1) is 22.7. The summed E-state index contributed by atoms with van der Waals surface area (Å²) in [5, 5.41) is 18.7. The summed E-state index contributed by atoms with van der Waals surface area (Å²) >= 11 is 0. The van der Waals surface area contributed by atoms with E-state index in [-0.39, 0.29) is 68.5 Å². The number of nitrogen functional groups attached to an aromatic ring is 1. The summed E-state index contributed by atoms with van der Waals surface area (Å²) in [4.78, 5) is 60.9. The Morgan fingerprint density at radius 3 is 1.79 bits per heavy atom. The normalized spacial score (nSPS) is 12.6. The van der Waals surface area contributed by atoms with Crippen molar-refractivity contribution in [2.75, 3.05) is 19.6 Å². The molecular weight excluding hydrogens is 618 g/mol. The van der Waals surface area contributed by atoms with Crippen molar-refractivity contribution in [3.8, 4) is 0 Å². The molecule has 17 N–H and O–H groups in total. The summed E-state index contributed by atoms with van der Waals surface area (Å²) in [5.74, 6) is -2.48. The first-order valence-corrected chi connectivity index (χ1v) is 16.2. The lowest BCUT2D eigenvalue weighted by molar-refractivity contribution is -0.134. The maximum atomic E-state index is 13.6. The predicted octanol–water partition coefficient (Wildman–Crippen LogP) is -1.68. The molecule has 0 radical (unpaired) electrons. The van der Waals surface area contributed by atoms with Crippen LogP contribution in [-0.4, -0.2) is 79.1 Å². The maximum Gasteiger partial charge on any atom is 0.243 e. The van der Waals surface area contributed by atoms with Crippen molar-refractivity contribution < 1.29 is 19.2 Å². The number of guanidine groups is 2. The molecule has 0 aliphatic carbocycles. The van der Waals surface area contributed by atoms with E-state index in [4.69, 9.17) is 39.8 Å². The number of nitrogens with one attached hydrogen (secondary N) is 5. The summed E-state index contributed by atoms with van der Waals surface area (Å²) in [6.07, 6.45) is 3.66. The number of amidine groups is 1. The van der Waals surface area contributed by atoms with Crippen molar-refractivity contribution in [1.29, 1.82) is 5.41 Å². The van der Waals surface area contributed by atoms with Gasteiger partial charge in [0, 0.05) is 31.6 Å². The summed E-state index contributed by atoms with van der Waals surface area (Å²) < 4.78 is 0. The van der Waals surface area contributed by atoms with Gasteiger partial charge in [0.2, 0.25) is 23.6 Å². The molecule has 1 aromatic carbocycles. The third-order valence-corrected chi connectivity index (χ3v) is 7.26. The molecule has 1 aromatic rings.